The largest absolute Gasteiger partial charge is 0.465 e. The molecule has 0 spiro atoms. The van der Waals surface area contributed by atoms with Gasteiger partial charge in [0.05, 0.1) is 12.2 Å². The number of likely N-dealkylation sites (tertiary alicyclic amines) is 1. The predicted octanol–water partition coefficient (Wildman–Crippen LogP) is 4.78. The lowest BCUT2D eigenvalue weighted by Crippen LogP contribution is -2.40. The summed E-state index contributed by atoms with van der Waals surface area (Å²) in [5, 5.41) is 9.63. The Bertz CT molecular complexity index is 1000. The van der Waals surface area contributed by atoms with E-state index in [1.165, 1.54) is 17.0 Å². The van der Waals surface area contributed by atoms with Crippen molar-refractivity contribution in [1.82, 2.24) is 14.9 Å². The van der Waals surface area contributed by atoms with Crippen molar-refractivity contribution >= 4 is 6.09 Å². The number of nitrogens with zero attached hydrogens (tertiary/aromatic N) is 3. The number of aromatic nitrogens is 2. The van der Waals surface area contributed by atoms with Gasteiger partial charge in [0.1, 0.15) is 5.82 Å². The van der Waals surface area contributed by atoms with Crippen molar-refractivity contribution in [3.05, 3.63) is 71.8 Å². The zero-order valence-corrected chi connectivity index (χ0v) is 15.4. The number of piperidine rings is 1. The lowest BCUT2D eigenvalue weighted by molar-refractivity contribution is 0.0968. The molecule has 7 heteroatoms. The fourth-order valence-electron chi connectivity index (χ4n) is 3.81. The van der Waals surface area contributed by atoms with Gasteiger partial charge in [-0.25, -0.2) is 14.2 Å². The number of hydrogen-bond acceptors (Lipinski definition) is 4. The zero-order chi connectivity index (χ0) is 19.7. The van der Waals surface area contributed by atoms with Crippen molar-refractivity contribution in [2.24, 2.45) is 0 Å². The van der Waals surface area contributed by atoms with Crippen LogP contribution in [0, 0.1) is 12.7 Å². The molecule has 2 aromatic heterocycles. The molecule has 2 atom stereocenters. The topological polar surface area (TPSA) is 79.5 Å². The summed E-state index contributed by atoms with van der Waals surface area (Å²) < 4.78 is 19.4. The second-order valence-electron chi connectivity index (χ2n) is 6.96. The third-order valence-corrected chi connectivity index (χ3v) is 5.24. The summed E-state index contributed by atoms with van der Waals surface area (Å²) in [6.07, 6.45) is 3.52. The molecule has 1 aromatic carbocycles. The van der Waals surface area contributed by atoms with E-state index in [1.807, 2.05) is 19.1 Å². The number of hydrogen-bond donors (Lipinski definition) is 1. The molecule has 1 amide bonds. The van der Waals surface area contributed by atoms with Crippen molar-refractivity contribution in [2.45, 2.75) is 31.7 Å². The summed E-state index contributed by atoms with van der Waals surface area (Å²) in [4.78, 5) is 21.9. The number of aryl methyl sites for hydroxylation is 1. The van der Waals surface area contributed by atoms with Crippen LogP contribution in [-0.4, -0.2) is 32.6 Å². The number of carboxylic acid groups (broad SMARTS) is 1. The lowest BCUT2D eigenvalue weighted by atomic mass is 9.86. The monoisotopic (exact) mass is 381 g/mol. The molecule has 144 valence electrons. The third kappa shape index (κ3) is 3.47. The molecule has 0 aliphatic carbocycles. The highest BCUT2D eigenvalue weighted by Gasteiger charge is 2.36. The molecule has 3 aromatic rings. The first-order valence-electron chi connectivity index (χ1n) is 9.15. The Morgan fingerprint density at radius 2 is 2.14 bits per heavy atom. The molecule has 0 radical (unpaired) electrons. The van der Waals surface area contributed by atoms with E-state index in [1.54, 1.807) is 24.5 Å². The summed E-state index contributed by atoms with van der Waals surface area (Å²) in [6.45, 7) is 2.27. The highest BCUT2D eigenvalue weighted by molar-refractivity contribution is 5.66. The van der Waals surface area contributed by atoms with Crippen molar-refractivity contribution in [3.8, 4) is 11.3 Å². The number of oxazole rings is 1. The van der Waals surface area contributed by atoms with E-state index in [9.17, 15) is 14.3 Å². The van der Waals surface area contributed by atoms with Crippen LogP contribution in [0.4, 0.5) is 9.18 Å². The van der Waals surface area contributed by atoms with Crippen LogP contribution in [0.5, 0.6) is 0 Å². The fraction of sp³-hybridized carbons (Fsp3) is 0.286. The van der Waals surface area contributed by atoms with Crippen LogP contribution in [0.3, 0.4) is 0 Å². The van der Waals surface area contributed by atoms with Crippen molar-refractivity contribution in [3.63, 3.8) is 0 Å². The molecule has 1 aliphatic rings. The number of amides is 1. The van der Waals surface area contributed by atoms with Crippen LogP contribution < -0.4 is 0 Å². The van der Waals surface area contributed by atoms with Crippen LogP contribution in [0.2, 0.25) is 0 Å². The number of pyridine rings is 1. The van der Waals surface area contributed by atoms with Crippen molar-refractivity contribution in [2.75, 3.05) is 6.54 Å². The van der Waals surface area contributed by atoms with Crippen molar-refractivity contribution < 1.29 is 18.7 Å². The first-order valence-corrected chi connectivity index (χ1v) is 9.15. The van der Waals surface area contributed by atoms with Crippen LogP contribution in [0.25, 0.3) is 11.3 Å². The van der Waals surface area contributed by atoms with E-state index < -0.39 is 6.09 Å². The lowest BCUT2D eigenvalue weighted by Gasteiger charge is -2.37. The fourth-order valence-corrected chi connectivity index (χ4v) is 3.81. The van der Waals surface area contributed by atoms with Gasteiger partial charge in [0.15, 0.2) is 11.7 Å². The Labute approximate surface area is 161 Å². The molecule has 1 fully saturated rings. The standard InChI is InChI=1S/C21H20FN3O3/c1-13-17(6-3-8-23-13)18-11-15(7-9-25(18)21(26)27)20-24-12-19(28-20)14-4-2-5-16(22)10-14/h2-6,8,10,12,15,18H,7,9,11H2,1H3,(H,26,27). The summed E-state index contributed by atoms with van der Waals surface area (Å²) in [6, 6.07) is 9.59. The Hall–Kier alpha value is -3.22. The molecular formula is C21H20FN3O3. The van der Waals surface area contributed by atoms with Crippen LogP contribution >= 0.6 is 0 Å². The second kappa shape index (κ2) is 7.42. The third-order valence-electron chi connectivity index (χ3n) is 5.24. The van der Waals surface area contributed by atoms with Crippen LogP contribution in [0.15, 0.2) is 53.2 Å². The molecule has 2 unspecified atom stereocenters. The summed E-state index contributed by atoms with van der Waals surface area (Å²) in [7, 11) is 0. The van der Waals surface area contributed by atoms with E-state index in [0.717, 1.165) is 11.3 Å². The van der Waals surface area contributed by atoms with Crippen LogP contribution in [0.1, 0.15) is 41.9 Å². The Morgan fingerprint density at radius 3 is 2.89 bits per heavy atom. The van der Waals surface area contributed by atoms with Gasteiger partial charge >= 0.3 is 6.09 Å². The Kier molecular flexibility index (Phi) is 4.81. The normalized spacial score (nSPS) is 19.6. The molecule has 6 nitrogen and oxygen atoms in total. The van der Waals surface area contributed by atoms with Gasteiger partial charge in [0, 0.05) is 29.9 Å². The first kappa shape index (κ1) is 18.2. The average Bonchev–Trinajstić information content (AvgIpc) is 3.18. The highest BCUT2D eigenvalue weighted by atomic mass is 19.1. The van der Waals surface area contributed by atoms with E-state index in [2.05, 4.69) is 9.97 Å². The predicted molar refractivity (Wildman–Crippen MR) is 100 cm³/mol. The minimum absolute atomic E-state index is 0.0254. The zero-order valence-electron chi connectivity index (χ0n) is 15.4. The maximum absolute atomic E-state index is 13.5. The smallest absolute Gasteiger partial charge is 0.407 e. The second-order valence-corrected chi connectivity index (χ2v) is 6.96. The number of benzene rings is 1. The Morgan fingerprint density at radius 1 is 1.29 bits per heavy atom. The van der Waals surface area contributed by atoms with Gasteiger partial charge in [-0.2, -0.15) is 0 Å². The van der Waals surface area contributed by atoms with Crippen LogP contribution in [-0.2, 0) is 0 Å². The maximum Gasteiger partial charge on any atom is 0.407 e. The van der Waals surface area contributed by atoms with Gasteiger partial charge in [-0.15, -0.1) is 0 Å². The van der Waals surface area contributed by atoms with Gasteiger partial charge in [-0.3, -0.25) is 4.98 Å². The number of carbonyl (C=O) groups is 1. The molecule has 4 rings (SSSR count). The first-order chi connectivity index (χ1) is 13.5. The van der Waals surface area contributed by atoms with E-state index >= 15 is 0 Å². The molecule has 0 bridgehead atoms. The quantitative estimate of drug-likeness (QED) is 0.706. The number of rotatable bonds is 3. The highest BCUT2D eigenvalue weighted by Crippen LogP contribution is 2.40. The Balaban J connectivity index is 1.62. The molecule has 1 saturated heterocycles. The number of halogens is 1. The minimum Gasteiger partial charge on any atom is -0.465 e. The SMILES string of the molecule is Cc1ncccc1C1CC(c2ncc(-c3cccc(F)c3)o2)CCN1C(=O)O. The summed E-state index contributed by atoms with van der Waals surface area (Å²) in [5.74, 6) is 0.694. The molecule has 0 saturated carbocycles. The maximum atomic E-state index is 13.5. The van der Waals surface area contributed by atoms with Gasteiger partial charge < -0.3 is 14.4 Å². The van der Waals surface area contributed by atoms with E-state index in [0.29, 0.717) is 36.6 Å². The van der Waals surface area contributed by atoms with Gasteiger partial charge in [-0.1, -0.05) is 18.2 Å². The summed E-state index contributed by atoms with van der Waals surface area (Å²) in [5.41, 5.74) is 2.33. The van der Waals surface area contributed by atoms with E-state index in [-0.39, 0.29) is 17.8 Å². The van der Waals surface area contributed by atoms with Gasteiger partial charge in [0.25, 0.3) is 0 Å². The van der Waals surface area contributed by atoms with E-state index in [4.69, 9.17) is 4.42 Å². The molecule has 1 aliphatic heterocycles. The minimum atomic E-state index is -0.945. The van der Waals surface area contributed by atoms with Crippen molar-refractivity contribution in [1.29, 1.82) is 0 Å². The van der Waals surface area contributed by atoms with Gasteiger partial charge in [0.2, 0.25) is 0 Å². The molecular weight excluding hydrogens is 361 g/mol. The molecule has 3 heterocycles. The molecule has 1 N–H and O–H groups in total. The molecule has 28 heavy (non-hydrogen) atoms. The van der Waals surface area contributed by atoms with Gasteiger partial charge in [-0.05, 0) is 43.5 Å². The summed E-state index contributed by atoms with van der Waals surface area (Å²) >= 11 is 0. The average molecular weight is 381 g/mol.